The molecule has 0 aromatic rings. The summed E-state index contributed by atoms with van der Waals surface area (Å²) < 4.78 is 0. The molecule has 1 radical (unpaired) electrons. The third kappa shape index (κ3) is 53.2. The molecule has 0 amide bonds. The van der Waals surface area contributed by atoms with E-state index in [4.69, 9.17) is 0 Å². The second-order valence-corrected chi connectivity index (χ2v) is 0. The minimum absolute atomic E-state index is 0. The third-order valence-corrected chi connectivity index (χ3v) is 0. The Bertz CT molecular complexity index is 11.5. The molecular formula is CH14N2P2Ru. The number of hydrogen-bond acceptors (Lipinski definition) is 0. The standard InChI is InChI=1S/CH3.2H2N.2H3P.Ru.H/h1H3;2*1H2;2*1H3;;/q3*-1;;;+3;. The van der Waals surface area contributed by atoms with Crippen molar-refractivity contribution in [3.63, 3.8) is 0 Å². The Hall–Kier alpha value is 1.40. The molecule has 0 saturated carbocycles. The summed E-state index contributed by atoms with van der Waals surface area (Å²) in [4.78, 5) is 0. The Balaban J connectivity index is 0. The second-order valence-electron chi connectivity index (χ2n) is 0. The molecule has 2 nitrogen and oxygen atoms in total. The van der Waals surface area contributed by atoms with Crippen molar-refractivity contribution in [2.24, 2.45) is 0 Å². The van der Waals surface area contributed by atoms with E-state index in [1.54, 1.807) is 0 Å². The average molecular weight is 217 g/mol. The molecule has 4 N–H and O–H groups in total. The van der Waals surface area contributed by atoms with Crippen molar-refractivity contribution in [3.8, 4) is 0 Å². The average Bonchev–Trinajstić information content (AvgIpc) is 0. The molecule has 0 bridgehead atoms. The van der Waals surface area contributed by atoms with E-state index in [2.05, 4.69) is 0 Å². The molecule has 2 atom stereocenters. The van der Waals surface area contributed by atoms with Gasteiger partial charge < -0.3 is 19.7 Å². The van der Waals surface area contributed by atoms with Crippen molar-refractivity contribution >= 4 is 19.8 Å². The number of rotatable bonds is 0. The van der Waals surface area contributed by atoms with Gasteiger partial charge in [0, 0.05) is 0 Å². The van der Waals surface area contributed by atoms with Gasteiger partial charge in [-0.3, -0.25) is 0 Å². The first kappa shape index (κ1) is 154. The third-order valence-electron chi connectivity index (χ3n) is 0. The molecule has 0 spiro atoms. The van der Waals surface area contributed by atoms with Crippen LogP contribution in [0.3, 0.4) is 0 Å². The fourth-order valence-electron chi connectivity index (χ4n) is 0. The van der Waals surface area contributed by atoms with Crippen LogP contribution in [0.25, 0.3) is 12.3 Å². The van der Waals surface area contributed by atoms with Crippen molar-refractivity contribution in [1.82, 2.24) is 0 Å². The topological polar surface area (TPSA) is 67.0 Å². The van der Waals surface area contributed by atoms with E-state index < -0.39 is 0 Å². The fourth-order valence-corrected chi connectivity index (χ4v) is 0. The molecule has 0 rings (SSSR count). The van der Waals surface area contributed by atoms with E-state index in [1.165, 1.54) is 0 Å². The van der Waals surface area contributed by atoms with Gasteiger partial charge in [0.05, 0.1) is 0 Å². The van der Waals surface area contributed by atoms with Crippen LogP contribution in [-0.4, -0.2) is 0 Å². The van der Waals surface area contributed by atoms with Gasteiger partial charge in [0.2, 0.25) is 0 Å². The predicted octanol–water partition coefficient (Wildman–Crippen LogP) is 1.73. The Morgan fingerprint density at radius 2 is 0.667 bits per heavy atom. The first-order valence-corrected chi connectivity index (χ1v) is 0. The van der Waals surface area contributed by atoms with E-state index in [1.807, 2.05) is 0 Å². The van der Waals surface area contributed by atoms with Gasteiger partial charge in [0.25, 0.3) is 0 Å². The van der Waals surface area contributed by atoms with E-state index in [0.717, 1.165) is 0 Å². The molecule has 0 aliphatic heterocycles. The number of nitrogens with two attached hydrogens (primary N) is 2. The molecule has 2 unspecified atom stereocenters. The van der Waals surface area contributed by atoms with Crippen LogP contribution in [0.5, 0.6) is 0 Å². The molecule has 0 aromatic carbocycles. The van der Waals surface area contributed by atoms with Crippen LogP contribution < -0.4 is 0 Å². The maximum absolute atomic E-state index is 0. The van der Waals surface area contributed by atoms with Crippen LogP contribution in [0, 0.1) is 7.43 Å². The van der Waals surface area contributed by atoms with Gasteiger partial charge in [-0.1, -0.05) is 0 Å². The van der Waals surface area contributed by atoms with Crippen molar-refractivity contribution in [2.45, 2.75) is 0 Å². The maximum atomic E-state index is 0. The van der Waals surface area contributed by atoms with Crippen LogP contribution in [0.2, 0.25) is 0 Å². The number of hydrogen-bond donors (Lipinski definition) is 0. The van der Waals surface area contributed by atoms with Crippen molar-refractivity contribution in [2.75, 3.05) is 0 Å². The summed E-state index contributed by atoms with van der Waals surface area (Å²) >= 11 is 0. The quantitative estimate of drug-likeness (QED) is 0.337. The van der Waals surface area contributed by atoms with Crippen LogP contribution in [0.15, 0.2) is 0 Å². The Labute approximate surface area is 59.4 Å². The van der Waals surface area contributed by atoms with Gasteiger partial charge >= 0.3 is 19.5 Å². The summed E-state index contributed by atoms with van der Waals surface area (Å²) in [5.74, 6) is 0. The van der Waals surface area contributed by atoms with Crippen molar-refractivity contribution in [1.29, 1.82) is 0 Å². The molecule has 5 heteroatoms. The zero-order chi connectivity index (χ0) is 0. The Kier molecular flexibility index (Phi) is 2440. The van der Waals surface area contributed by atoms with E-state index in [-0.39, 0.29) is 59.0 Å². The van der Waals surface area contributed by atoms with Gasteiger partial charge in [0.1, 0.15) is 0 Å². The predicted molar refractivity (Wildman–Crippen MR) is 40.6 cm³/mol. The van der Waals surface area contributed by atoms with E-state index in [9.17, 15) is 0 Å². The summed E-state index contributed by atoms with van der Waals surface area (Å²) in [6, 6.07) is 0. The zero-order valence-corrected chi connectivity index (χ0v) is 8.63. The van der Waals surface area contributed by atoms with Gasteiger partial charge in [0.15, 0.2) is 0 Å². The summed E-state index contributed by atoms with van der Waals surface area (Å²) in [6.07, 6.45) is 0. The first-order valence-electron chi connectivity index (χ1n) is 0. The second kappa shape index (κ2) is 94.9. The van der Waals surface area contributed by atoms with E-state index in [0.29, 0.717) is 0 Å². The van der Waals surface area contributed by atoms with Crippen LogP contribution in [-0.2, 0) is 19.5 Å². The van der Waals surface area contributed by atoms with Crippen LogP contribution in [0.4, 0.5) is 0 Å². The molecular weight excluding hydrogens is 203 g/mol. The normalized spacial score (nSPS) is 0. The molecule has 46 valence electrons. The monoisotopic (exact) mass is 218 g/mol. The molecule has 6 heavy (non-hydrogen) atoms. The minimum atomic E-state index is 0. The molecule has 0 aromatic heterocycles. The zero-order valence-electron chi connectivity index (χ0n) is 3.95. The Morgan fingerprint density at radius 3 is 0.667 bits per heavy atom. The first-order chi connectivity index (χ1) is 0. The molecule has 0 aliphatic rings. The van der Waals surface area contributed by atoms with Crippen LogP contribution >= 0.6 is 19.8 Å². The van der Waals surface area contributed by atoms with Crippen molar-refractivity contribution < 1.29 is 19.5 Å². The van der Waals surface area contributed by atoms with E-state index >= 15 is 0 Å². The summed E-state index contributed by atoms with van der Waals surface area (Å²) in [7, 11) is 0. The summed E-state index contributed by atoms with van der Waals surface area (Å²) in [5.41, 5.74) is 0. The Morgan fingerprint density at radius 1 is 0.667 bits per heavy atom. The molecule has 0 fully saturated rings. The van der Waals surface area contributed by atoms with Crippen LogP contribution in [0.1, 0.15) is 0 Å². The summed E-state index contributed by atoms with van der Waals surface area (Å²) in [5, 5.41) is 0. The molecule has 0 saturated heterocycles. The van der Waals surface area contributed by atoms with Gasteiger partial charge in [-0.25, -0.2) is 0 Å². The van der Waals surface area contributed by atoms with Gasteiger partial charge in [-0.2, -0.15) is 19.8 Å². The fraction of sp³-hybridized carbons (Fsp3) is 0. The SMILES string of the molecule is P.P.[CH3-].[NH2-].[NH2-].[RuH+3]. The van der Waals surface area contributed by atoms with Gasteiger partial charge in [-0.15, -0.1) is 0 Å². The summed E-state index contributed by atoms with van der Waals surface area (Å²) in [6.45, 7) is 0. The van der Waals surface area contributed by atoms with Crippen molar-refractivity contribution in [3.05, 3.63) is 19.7 Å². The molecule has 0 heterocycles. The van der Waals surface area contributed by atoms with Gasteiger partial charge in [-0.05, 0) is 0 Å². The molecule has 0 aliphatic carbocycles.